The van der Waals surface area contributed by atoms with Crippen LogP contribution in [0.3, 0.4) is 0 Å². The molecule has 2 amide bonds. The van der Waals surface area contributed by atoms with Gasteiger partial charge in [0, 0.05) is 36.5 Å². The van der Waals surface area contributed by atoms with Gasteiger partial charge in [0.15, 0.2) is 5.82 Å². The molecule has 3 aromatic carbocycles. The van der Waals surface area contributed by atoms with Gasteiger partial charge in [0.05, 0.1) is 28.2 Å². The molecule has 1 saturated heterocycles. The topological polar surface area (TPSA) is 108 Å². The molecule has 0 aliphatic carbocycles. The average Bonchev–Trinajstić information content (AvgIpc) is 3.09. The number of carbonyl (C=O) groups is 1. The number of nitrogens with zero attached hydrogens (tertiary/aromatic N) is 6. The second-order valence-electron chi connectivity index (χ2n) is 11.6. The van der Waals surface area contributed by atoms with Gasteiger partial charge in [-0.25, -0.2) is 24.7 Å². The van der Waals surface area contributed by atoms with E-state index in [9.17, 15) is 18.0 Å². The first kappa shape index (κ1) is 32.6. The highest BCUT2D eigenvalue weighted by Crippen LogP contribution is 2.38. The fraction of sp³-hybridized carbons (Fsp3) is 0.286. The quantitative estimate of drug-likeness (QED) is 0.176. The Morgan fingerprint density at radius 2 is 1.71 bits per heavy atom. The number of alkyl halides is 3. The molecule has 0 spiro atoms. The molecule has 2 aromatic heterocycles. The highest BCUT2D eigenvalue weighted by atomic mass is 19.4. The second kappa shape index (κ2) is 13.8. The second-order valence-corrected chi connectivity index (χ2v) is 11.6. The molecule has 2 N–H and O–H groups in total. The van der Waals surface area contributed by atoms with Crippen LogP contribution in [0, 0.1) is 0 Å². The lowest BCUT2D eigenvalue weighted by Gasteiger charge is -2.37. The van der Waals surface area contributed by atoms with E-state index in [4.69, 9.17) is 4.74 Å². The van der Waals surface area contributed by atoms with Gasteiger partial charge in [-0.15, -0.1) is 0 Å². The normalized spacial score (nSPS) is 14.1. The van der Waals surface area contributed by atoms with Crippen molar-refractivity contribution in [3.63, 3.8) is 0 Å². The maximum absolute atomic E-state index is 13.7. The van der Waals surface area contributed by atoms with Gasteiger partial charge in [-0.05, 0) is 75.4 Å². The molecule has 0 unspecified atom stereocenters. The molecule has 0 saturated carbocycles. The zero-order chi connectivity index (χ0) is 33.8. The summed E-state index contributed by atoms with van der Waals surface area (Å²) in [6.07, 6.45) is 0.843. The van der Waals surface area contributed by atoms with Gasteiger partial charge in [0.1, 0.15) is 17.9 Å². The number of rotatable bonds is 8. The summed E-state index contributed by atoms with van der Waals surface area (Å²) in [5.41, 5.74) is 0.764. The number of anilines is 3. The summed E-state index contributed by atoms with van der Waals surface area (Å²) < 4.78 is 47.5. The third-order valence-corrected chi connectivity index (χ3v) is 8.48. The Hall–Kier alpha value is -5.30. The van der Waals surface area contributed by atoms with Crippen LogP contribution in [0.2, 0.25) is 0 Å². The number of likely N-dealkylation sites (tertiary alicyclic amines) is 1. The van der Waals surface area contributed by atoms with Gasteiger partial charge < -0.3 is 25.2 Å². The SMILES string of the molecule is CCc1ncnc(-c2cccnc2Oc2ccc(NC(=O)Nc3cc(C(F)(F)F)ccc3N(C)C3CCN(C)CC3)c3ccccc23)n1. The summed E-state index contributed by atoms with van der Waals surface area (Å²) >= 11 is 0. The Labute approximate surface area is 276 Å². The summed E-state index contributed by atoms with van der Waals surface area (Å²) in [6.45, 7) is 3.71. The number of halogens is 3. The van der Waals surface area contributed by atoms with Crippen LogP contribution < -0.4 is 20.3 Å². The van der Waals surface area contributed by atoms with Gasteiger partial charge in [-0.2, -0.15) is 13.2 Å². The minimum absolute atomic E-state index is 0.0697. The highest BCUT2D eigenvalue weighted by Gasteiger charge is 2.32. The lowest BCUT2D eigenvalue weighted by Crippen LogP contribution is -2.42. The lowest BCUT2D eigenvalue weighted by atomic mass is 10.0. The van der Waals surface area contributed by atoms with Crippen molar-refractivity contribution < 1.29 is 22.7 Å². The Kier molecular flexibility index (Phi) is 9.40. The lowest BCUT2D eigenvalue weighted by molar-refractivity contribution is -0.137. The van der Waals surface area contributed by atoms with Crippen molar-refractivity contribution in [2.45, 2.75) is 38.4 Å². The fourth-order valence-corrected chi connectivity index (χ4v) is 5.82. The Balaban J connectivity index is 1.27. The molecule has 10 nitrogen and oxygen atoms in total. The van der Waals surface area contributed by atoms with E-state index in [2.05, 4.69) is 35.5 Å². The summed E-state index contributed by atoms with van der Waals surface area (Å²) in [4.78, 5) is 35.0. The number of hydrogen-bond donors (Lipinski definition) is 2. The highest BCUT2D eigenvalue weighted by molar-refractivity contribution is 6.08. The largest absolute Gasteiger partial charge is 0.438 e. The van der Waals surface area contributed by atoms with Crippen LogP contribution >= 0.6 is 0 Å². The molecule has 1 fully saturated rings. The molecule has 1 aliphatic heterocycles. The van der Waals surface area contributed by atoms with E-state index in [0.717, 1.165) is 38.1 Å². The molecule has 1 aliphatic rings. The van der Waals surface area contributed by atoms with Crippen LogP contribution in [-0.2, 0) is 12.6 Å². The third-order valence-electron chi connectivity index (χ3n) is 8.48. The summed E-state index contributed by atoms with van der Waals surface area (Å²) in [7, 11) is 3.90. The minimum Gasteiger partial charge on any atom is -0.438 e. The molecule has 48 heavy (non-hydrogen) atoms. The van der Waals surface area contributed by atoms with Crippen molar-refractivity contribution in [1.82, 2.24) is 24.8 Å². The summed E-state index contributed by atoms with van der Waals surface area (Å²) in [5.74, 6) is 1.83. The number of amides is 2. The fourth-order valence-electron chi connectivity index (χ4n) is 5.82. The Bertz CT molecular complexity index is 1930. The molecular formula is C35H35F3N8O2. The number of ether oxygens (including phenoxy) is 1. The maximum Gasteiger partial charge on any atom is 0.416 e. The number of urea groups is 1. The number of benzene rings is 3. The molecule has 0 bridgehead atoms. The van der Waals surface area contributed by atoms with Crippen LogP contribution in [0.15, 0.2) is 79.3 Å². The Morgan fingerprint density at radius 3 is 2.46 bits per heavy atom. The molecule has 6 rings (SSSR count). The molecular weight excluding hydrogens is 621 g/mol. The molecule has 248 valence electrons. The van der Waals surface area contributed by atoms with Crippen LogP contribution in [0.1, 0.15) is 31.2 Å². The number of aryl methyl sites for hydroxylation is 1. The van der Waals surface area contributed by atoms with E-state index in [1.165, 1.54) is 12.4 Å². The van der Waals surface area contributed by atoms with Gasteiger partial charge >= 0.3 is 12.2 Å². The van der Waals surface area contributed by atoms with E-state index in [-0.39, 0.29) is 11.7 Å². The van der Waals surface area contributed by atoms with Crippen LogP contribution in [0.4, 0.5) is 35.0 Å². The monoisotopic (exact) mass is 656 g/mol. The van der Waals surface area contributed by atoms with E-state index in [1.54, 1.807) is 24.4 Å². The minimum atomic E-state index is -4.57. The first-order valence-electron chi connectivity index (χ1n) is 15.6. The molecule has 3 heterocycles. The van der Waals surface area contributed by atoms with Gasteiger partial charge in [0.25, 0.3) is 0 Å². The predicted octanol–water partition coefficient (Wildman–Crippen LogP) is 7.63. The summed E-state index contributed by atoms with van der Waals surface area (Å²) in [5, 5.41) is 6.86. The predicted molar refractivity (Wildman–Crippen MR) is 179 cm³/mol. The van der Waals surface area contributed by atoms with Crippen molar-refractivity contribution >= 4 is 33.9 Å². The number of fused-ring (bicyclic) bond motifs is 1. The zero-order valence-electron chi connectivity index (χ0n) is 26.8. The third kappa shape index (κ3) is 7.15. The number of pyridine rings is 1. The first-order valence-corrected chi connectivity index (χ1v) is 15.6. The van der Waals surface area contributed by atoms with Crippen molar-refractivity contribution in [3.05, 3.63) is 90.6 Å². The van der Waals surface area contributed by atoms with E-state index < -0.39 is 17.8 Å². The van der Waals surface area contributed by atoms with Crippen molar-refractivity contribution in [3.8, 4) is 23.0 Å². The van der Waals surface area contributed by atoms with Gasteiger partial charge in [0.2, 0.25) is 5.88 Å². The number of nitrogens with one attached hydrogen (secondary N) is 2. The van der Waals surface area contributed by atoms with E-state index in [1.807, 2.05) is 56.3 Å². The number of aromatic nitrogens is 4. The van der Waals surface area contributed by atoms with E-state index >= 15 is 0 Å². The summed E-state index contributed by atoms with van der Waals surface area (Å²) in [6, 6.07) is 17.2. The van der Waals surface area contributed by atoms with E-state index in [0.29, 0.717) is 57.4 Å². The van der Waals surface area contributed by atoms with Crippen LogP contribution in [0.25, 0.3) is 22.2 Å². The standard InChI is InChI=1S/C35H35F3N8O2/c1-4-31-40-21-41-32(44-31)26-10-7-17-39-33(26)48-30-14-12-27(24-8-5-6-9-25(24)30)42-34(47)43-28-20-22(35(36,37)38)11-13-29(28)46(3)23-15-18-45(2)19-16-23/h5-14,17,20-21,23H,4,15-16,18-19H2,1-3H3,(H2,42,43,47). The number of hydrogen-bond acceptors (Lipinski definition) is 8. The van der Waals surface area contributed by atoms with Crippen LogP contribution in [0.5, 0.6) is 11.6 Å². The van der Waals surface area contributed by atoms with Crippen molar-refractivity contribution in [2.24, 2.45) is 0 Å². The molecule has 13 heteroatoms. The van der Waals surface area contributed by atoms with Crippen LogP contribution in [-0.4, -0.2) is 64.1 Å². The maximum atomic E-state index is 13.7. The zero-order valence-corrected chi connectivity index (χ0v) is 26.8. The molecule has 0 radical (unpaired) electrons. The Morgan fingerprint density at radius 1 is 0.958 bits per heavy atom. The molecule has 0 atom stereocenters. The first-order chi connectivity index (χ1) is 23.1. The van der Waals surface area contributed by atoms with Crippen molar-refractivity contribution in [1.29, 1.82) is 0 Å². The van der Waals surface area contributed by atoms with Crippen molar-refractivity contribution in [2.75, 3.05) is 42.7 Å². The smallest absolute Gasteiger partial charge is 0.416 e. The van der Waals surface area contributed by atoms with Gasteiger partial charge in [-0.1, -0.05) is 31.2 Å². The number of carbonyl (C=O) groups excluding carboxylic acids is 1. The average molecular weight is 657 g/mol. The van der Waals surface area contributed by atoms with Gasteiger partial charge in [-0.3, -0.25) is 0 Å². The molecule has 5 aromatic rings. The number of piperidine rings is 1.